The molecule has 0 aliphatic carbocycles. The van der Waals surface area contributed by atoms with E-state index in [1.807, 2.05) is 24.1 Å². The molecular weight excluding hydrogens is 495 g/mol. The van der Waals surface area contributed by atoms with E-state index in [0.29, 0.717) is 11.2 Å². The van der Waals surface area contributed by atoms with Gasteiger partial charge in [-0.1, -0.05) is 26.0 Å². The summed E-state index contributed by atoms with van der Waals surface area (Å²) in [6, 6.07) is 8.03. The fourth-order valence-electron chi connectivity index (χ4n) is 3.83. The van der Waals surface area contributed by atoms with Crippen LogP contribution in [0.25, 0.3) is 0 Å². The Morgan fingerprint density at radius 2 is 1.83 bits per heavy atom. The maximum absolute atomic E-state index is 12.6. The van der Waals surface area contributed by atoms with Crippen molar-refractivity contribution in [2.24, 2.45) is 10.9 Å². The number of thioether (sulfide) groups is 1. The third kappa shape index (κ3) is 6.77. The van der Waals surface area contributed by atoms with Crippen LogP contribution in [-0.4, -0.2) is 65.9 Å². The Labute approximate surface area is 197 Å². The van der Waals surface area contributed by atoms with Gasteiger partial charge >= 0.3 is 0 Å². The molecule has 7 heteroatoms. The van der Waals surface area contributed by atoms with E-state index >= 15 is 0 Å². The molecule has 1 N–H and O–H groups in total. The number of hydrogen-bond acceptors (Lipinski definition) is 3. The minimum Gasteiger partial charge on any atom is -0.352 e. The molecule has 29 heavy (non-hydrogen) atoms. The van der Waals surface area contributed by atoms with Gasteiger partial charge in [-0.3, -0.25) is 9.79 Å². The smallest absolute Gasteiger partial charge is 0.253 e. The van der Waals surface area contributed by atoms with Crippen LogP contribution in [0.15, 0.2) is 29.3 Å². The minimum atomic E-state index is 0. The molecule has 2 saturated heterocycles. The Morgan fingerprint density at radius 1 is 1.14 bits per heavy atom. The molecule has 162 valence electrons. The molecule has 0 bridgehead atoms. The maximum Gasteiger partial charge on any atom is 0.253 e. The van der Waals surface area contributed by atoms with Gasteiger partial charge in [0.1, 0.15) is 0 Å². The molecule has 2 fully saturated rings. The van der Waals surface area contributed by atoms with Crippen LogP contribution in [0.2, 0.25) is 0 Å². The molecule has 0 spiro atoms. The number of piperidine rings is 1. The van der Waals surface area contributed by atoms with E-state index in [1.54, 1.807) is 0 Å². The molecule has 0 saturated carbocycles. The molecule has 5 nitrogen and oxygen atoms in total. The highest BCUT2D eigenvalue weighted by molar-refractivity contribution is 14.0. The Bertz CT molecular complexity index is 674. The second-order valence-corrected chi connectivity index (χ2v) is 9.40. The molecule has 1 amide bonds. The molecule has 2 heterocycles. The summed E-state index contributed by atoms with van der Waals surface area (Å²) in [6.07, 6.45) is 3.49. The number of carbonyl (C=O) groups excluding carboxylic acids is 1. The second-order valence-electron chi connectivity index (χ2n) is 8.05. The zero-order valence-electron chi connectivity index (χ0n) is 17.9. The first kappa shape index (κ1) is 24.3. The van der Waals surface area contributed by atoms with Crippen molar-refractivity contribution in [2.75, 3.05) is 39.0 Å². The van der Waals surface area contributed by atoms with Gasteiger partial charge in [0.15, 0.2) is 5.96 Å². The molecule has 1 aromatic carbocycles. The largest absolute Gasteiger partial charge is 0.352 e. The average molecular weight is 531 g/mol. The van der Waals surface area contributed by atoms with E-state index in [0.717, 1.165) is 62.8 Å². The Balaban J connectivity index is 0.00000300. The van der Waals surface area contributed by atoms with Crippen molar-refractivity contribution in [1.29, 1.82) is 0 Å². The first-order valence-electron chi connectivity index (χ1n) is 10.5. The highest BCUT2D eigenvalue weighted by Crippen LogP contribution is 2.25. The summed E-state index contributed by atoms with van der Waals surface area (Å²) in [5.41, 5.74) is 1.96. The predicted octanol–water partition coefficient (Wildman–Crippen LogP) is 4.08. The van der Waals surface area contributed by atoms with E-state index in [1.165, 1.54) is 12.0 Å². The Morgan fingerprint density at radius 3 is 2.45 bits per heavy atom. The Hall–Kier alpha value is -0.960. The lowest BCUT2D eigenvalue weighted by molar-refractivity contribution is 0.0724. The summed E-state index contributed by atoms with van der Waals surface area (Å²) in [5, 5.41) is 4.16. The summed E-state index contributed by atoms with van der Waals surface area (Å²) in [5.74, 6) is 2.97. The third-order valence-electron chi connectivity index (χ3n) is 5.64. The van der Waals surface area contributed by atoms with Gasteiger partial charge < -0.3 is 15.1 Å². The van der Waals surface area contributed by atoms with Crippen LogP contribution < -0.4 is 5.32 Å². The summed E-state index contributed by atoms with van der Waals surface area (Å²) < 4.78 is 0. The summed E-state index contributed by atoms with van der Waals surface area (Å²) >= 11 is 2.07. The zero-order valence-corrected chi connectivity index (χ0v) is 21.0. The third-order valence-corrected chi connectivity index (χ3v) is 7.18. The van der Waals surface area contributed by atoms with Crippen molar-refractivity contribution in [3.63, 3.8) is 0 Å². The molecule has 1 atom stereocenters. The molecule has 1 unspecified atom stereocenters. The van der Waals surface area contributed by atoms with Gasteiger partial charge in [0.05, 0.1) is 0 Å². The molecule has 3 rings (SSSR count). The van der Waals surface area contributed by atoms with Crippen molar-refractivity contribution in [2.45, 2.75) is 44.9 Å². The number of likely N-dealkylation sites (tertiary alicyclic amines) is 1. The number of carbonyl (C=O) groups is 1. The number of nitrogens with zero attached hydrogens (tertiary/aromatic N) is 3. The highest BCUT2D eigenvalue weighted by Gasteiger charge is 2.24. The molecule has 0 radical (unpaired) electrons. The van der Waals surface area contributed by atoms with Crippen molar-refractivity contribution in [3.05, 3.63) is 35.4 Å². The van der Waals surface area contributed by atoms with Crippen molar-refractivity contribution in [1.82, 2.24) is 15.1 Å². The minimum absolute atomic E-state index is 0. The summed E-state index contributed by atoms with van der Waals surface area (Å²) in [4.78, 5) is 21.4. The van der Waals surface area contributed by atoms with E-state index in [2.05, 4.69) is 53.0 Å². The number of hydrogen-bond donors (Lipinski definition) is 1. The van der Waals surface area contributed by atoms with Crippen molar-refractivity contribution >= 4 is 47.6 Å². The molecule has 2 aliphatic rings. The van der Waals surface area contributed by atoms with Crippen LogP contribution in [0.4, 0.5) is 0 Å². The Kier molecular flexibility index (Phi) is 10.1. The topological polar surface area (TPSA) is 47.9 Å². The second kappa shape index (κ2) is 12.0. The van der Waals surface area contributed by atoms with Gasteiger partial charge in [-0.25, -0.2) is 0 Å². The predicted molar refractivity (Wildman–Crippen MR) is 134 cm³/mol. The van der Waals surface area contributed by atoms with Gasteiger partial charge in [0, 0.05) is 56.3 Å². The number of rotatable bonds is 4. The van der Waals surface area contributed by atoms with Gasteiger partial charge in [0.25, 0.3) is 5.91 Å². The number of aliphatic imine (C=N–C) groups is 1. The molecular formula is C22H35IN4OS. The number of benzene rings is 1. The van der Waals surface area contributed by atoms with Crippen LogP contribution in [0, 0.1) is 5.92 Å². The lowest BCUT2D eigenvalue weighted by atomic mass is 10.1. The molecule has 1 aromatic rings. The van der Waals surface area contributed by atoms with E-state index in [4.69, 9.17) is 0 Å². The van der Waals surface area contributed by atoms with E-state index in [-0.39, 0.29) is 29.9 Å². The van der Waals surface area contributed by atoms with Crippen molar-refractivity contribution < 1.29 is 4.79 Å². The first-order chi connectivity index (χ1) is 13.6. The quantitative estimate of drug-likeness (QED) is 0.362. The normalized spacial score (nSPS) is 20.4. The van der Waals surface area contributed by atoms with Gasteiger partial charge in [-0.2, -0.15) is 11.8 Å². The van der Waals surface area contributed by atoms with E-state index < -0.39 is 0 Å². The summed E-state index contributed by atoms with van der Waals surface area (Å²) in [6.45, 7) is 9.19. The first-order valence-corrected chi connectivity index (χ1v) is 11.6. The van der Waals surface area contributed by atoms with Crippen LogP contribution in [-0.2, 0) is 6.54 Å². The lowest BCUT2D eigenvalue weighted by Gasteiger charge is -2.36. The summed E-state index contributed by atoms with van der Waals surface area (Å²) in [7, 11) is 1.86. The monoisotopic (exact) mass is 530 g/mol. The van der Waals surface area contributed by atoms with Crippen LogP contribution in [0.1, 0.15) is 49.0 Å². The fourth-order valence-corrected chi connectivity index (χ4v) is 5.13. The molecule has 0 aromatic heterocycles. The SMILES string of the molecule is CN=C(NCc1ccc(C(=O)N2CCCCC2)cc1)N1CCSC(C(C)C)C1.I. The van der Waals surface area contributed by atoms with E-state index in [9.17, 15) is 4.79 Å². The number of nitrogens with one attached hydrogen (secondary N) is 1. The lowest BCUT2D eigenvalue weighted by Crippen LogP contribution is -2.48. The van der Waals surface area contributed by atoms with Gasteiger partial charge in [0.2, 0.25) is 0 Å². The van der Waals surface area contributed by atoms with Crippen LogP contribution in [0.3, 0.4) is 0 Å². The van der Waals surface area contributed by atoms with Gasteiger partial charge in [-0.05, 0) is 42.9 Å². The average Bonchev–Trinajstić information content (AvgIpc) is 2.75. The maximum atomic E-state index is 12.6. The van der Waals surface area contributed by atoms with Gasteiger partial charge in [-0.15, -0.1) is 24.0 Å². The number of halogens is 1. The fraction of sp³-hybridized carbons (Fsp3) is 0.636. The number of amides is 1. The molecule has 2 aliphatic heterocycles. The van der Waals surface area contributed by atoms with Crippen LogP contribution in [0.5, 0.6) is 0 Å². The highest BCUT2D eigenvalue weighted by atomic mass is 127. The standard InChI is InChI=1S/C22H34N4OS.HI/c1-17(2)20-16-26(13-14-28-20)22(23-3)24-15-18-7-9-19(10-8-18)21(27)25-11-5-4-6-12-25;/h7-10,17,20H,4-6,11-16H2,1-3H3,(H,23,24);1H. The van der Waals surface area contributed by atoms with Crippen molar-refractivity contribution in [3.8, 4) is 0 Å². The van der Waals surface area contributed by atoms with Crippen LogP contribution >= 0.6 is 35.7 Å². The number of guanidine groups is 1. The zero-order chi connectivity index (χ0) is 19.9.